The maximum Gasteiger partial charge on any atom is 0.272 e. The molecular formula is C18H16FN5O. The molecule has 0 aliphatic heterocycles. The standard InChI is InChI=1S/C18H16FN5O/c19-15-7-2-1-5-13(15)11-21-17-9-8-16(23-24-17)18(25)22-12-14-6-3-4-10-20-14/h1-10H,11-12H2,(H,21,24)(H,22,25). The first-order valence-corrected chi connectivity index (χ1v) is 7.71. The maximum atomic E-state index is 13.6. The fourth-order valence-corrected chi connectivity index (χ4v) is 2.14. The highest BCUT2D eigenvalue weighted by Crippen LogP contribution is 2.09. The molecular weight excluding hydrogens is 321 g/mol. The minimum absolute atomic E-state index is 0.201. The van der Waals surface area contributed by atoms with Crippen LogP contribution in [0, 0.1) is 5.82 Å². The van der Waals surface area contributed by atoms with Crippen LogP contribution in [0.2, 0.25) is 0 Å². The van der Waals surface area contributed by atoms with Crippen LogP contribution < -0.4 is 10.6 Å². The Labute approximate surface area is 144 Å². The molecule has 0 spiro atoms. The Morgan fingerprint density at radius 2 is 1.80 bits per heavy atom. The van der Waals surface area contributed by atoms with Gasteiger partial charge in [-0.2, -0.15) is 0 Å². The molecule has 25 heavy (non-hydrogen) atoms. The summed E-state index contributed by atoms with van der Waals surface area (Å²) in [6.45, 7) is 0.598. The number of carbonyl (C=O) groups excluding carboxylic acids is 1. The number of hydrogen-bond acceptors (Lipinski definition) is 5. The number of rotatable bonds is 6. The summed E-state index contributed by atoms with van der Waals surface area (Å²) in [5.74, 6) is -0.156. The van der Waals surface area contributed by atoms with Crippen LogP contribution in [0.3, 0.4) is 0 Å². The Morgan fingerprint density at radius 3 is 2.52 bits per heavy atom. The van der Waals surface area contributed by atoms with Gasteiger partial charge in [0.1, 0.15) is 11.6 Å². The Balaban J connectivity index is 1.54. The minimum Gasteiger partial charge on any atom is -0.364 e. The van der Waals surface area contributed by atoms with Crippen molar-refractivity contribution in [2.45, 2.75) is 13.1 Å². The summed E-state index contributed by atoms with van der Waals surface area (Å²) in [4.78, 5) is 16.2. The van der Waals surface area contributed by atoms with E-state index in [0.29, 0.717) is 17.9 Å². The third-order valence-electron chi connectivity index (χ3n) is 3.47. The van der Waals surface area contributed by atoms with E-state index in [2.05, 4.69) is 25.8 Å². The van der Waals surface area contributed by atoms with Crippen LogP contribution in [0.25, 0.3) is 0 Å². The first-order chi connectivity index (χ1) is 12.2. The predicted molar refractivity (Wildman–Crippen MR) is 91.2 cm³/mol. The Kier molecular flexibility index (Phi) is 5.26. The van der Waals surface area contributed by atoms with Crippen molar-refractivity contribution < 1.29 is 9.18 Å². The number of aromatic nitrogens is 3. The van der Waals surface area contributed by atoms with Gasteiger partial charge in [0.15, 0.2) is 5.69 Å². The zero-order valence-electron chi connectivity index (χ0n) is 13.3. The summed E-state index contributed by atoms with van der Waals surface area (Å²) in [6.07, 6.45) is 1.66. The quantitative estimate of drug-likeness (QED) is 0.723. The summed E-state index contributed by atoms with van der Waals surface area (Å²) < 4.78 is 13.6. The third kappa shape index (κ3) is 4.57. The molecule has 7 heteroatoms. The zero-order valence-corrected chi connectivity index (χ0v) is 13.3. The predicted octanol–water partition coefficient (Wildman–Crippen LogP) is 2.55. The van der Waals surface area contributed by atoms with Crippen molar-refractivity contribution >= 4 is 11.7 Å². The molecule has 126 valence electrons. The molecule has 0 unspecified atom stereocenters. The van der Waals surface area contributed by atoms with Crippen LogP contribution >= 0.6 is 0 Å². The molecule has 0 bridgehead atoms. The highest BCUT2D eigenvalue weighted by atomic mass is 19.1. The van der Waals surface area contributed by atoms with Gasteiger partial charge in [-0.1, -0.05) is 24.3 Å². The van der Waals surface area contributed by atoms with Gasteiger partial charge in [0.05, 0.1) is 12.2 Å². The fraction of sp³-hybridized carbons (Fsp3) is 0.111. The lowest BCUT2D eigenvalue weighted by atomic mass is 10.2. The molecule has 2 aromatic heterocycles. The molecule has 1 aromatic carbocycles. The molecule has 2 N–H and O–H groups in total. The van der Waals surface area contributed by atoms with Crippen molar-refractivity contribution in [2.75, 3.05) is 5.32 Å². The first kappa shape index (κ1) is 16.5. The van der Waals surface area contributed by atoms with Gasteiger partial charge in [-0.15, -0.1) is 10.2 Å². The monoisotopic (exact) mass is 337 g/mol. The molecule has 3 aromatic rings. The number of carbonyl (C=O) groups is 1. The summed E-state index contributed by atoms with van der Waals surface area (Å²) >= 11 is 0. The van der Waals surface area contributed by atoms with Crippen LogP contribution in [0.1, 0.15) is 21.7 Å². The van der Waals surface area contributed by atoms with Crippen molar-refractivity contribution in [3.05, 3.63) is 83.6 Å². The number of nitrogens with zero attached hydrogens (tertiary/aromatic N) is 3. The molecule has 2 heterocycles. The second-order valence-electron chi connectivity index (χ2n) is 5.25. The van der Waals surface area contributed by atoms with Gasteiger partial charge in [0.2, 0.25) is 0 Å². The number of nitrogens with one attached hydrogen (secondary N) is 2. The topological polar surface area (TPSA) is 79.8 Å². The average molecular weight is 337 g/mol. The summed E-state index contributed by atoms with van der Waals surface area (Å²) in [7, 11) is 0. The fourth-order valence-electron chi connectivity index (χ4n) is 2.14. The SMILES string of the molecule is O=C(NCc1ccccn1)c1ccc(NCc2ccccc2F)nn1. The van der Waals surface area contributed by atoms with Crippen LogP contribution in [0.15, 0.2) is 60.8 Å². The van der Waals surface area contributed by atoms with Crippen molar-refractivity contribution in [1.29, 1.82) is 0 Å². The molecule has 6 nitrogen and oxygen atoms in total. The molecule has 0 saturated heterocycles. The largest absolute Gasteiger partial charge is 0.364 e. The van der Waals surface area contributed by atoms with E-state index in [1.165, 1.54) is 6.07 Å². The van der Waals surface area contributed by atoms with Crippen LogP contribution in [0.4, 0.5) is 10.2 Å². The number of anilines is 1. The van der Waals surface area contributed by atoms with Crippen molar-refractivity contribution in [1.82, 2.24) is 20.5 Å². The number of halogens is 1. The smallest absolute Gasteiger partial charge is 0.272 e. The summed E-state index contributed by atoms with van der Waals surface area (Å²) in [5.41, 5.74) is 1.49. The van der Waals surface area contributed by atoms with Gasteiger partial charge in [-0.3, -0.25) is 9.78 Å². The van der Waals surface area contributed by atoms with E-state index >= 15 is 0 Å². The normalized spacial score (nSPS) is 10.3. The van der Waals surface area contributed by atoms with Crippen LogP contribution in [-0.2, 0) is 13.1 Å². The third-order valence-corrected chi connectivity index (χ3v) is 3.47. The van der Waals surface area contributed by atoms with Crippen LogP contribution in [-0.4, -0.2) is 21.1 Å². The van der Waals surface area contributed by atoms with Gasteiger partial charge >= 0.3 is 0 Å². The highest BCUT2D eigenvalue weighted by Gasteiger charge is 2.08. The highest BCUT2D eigenvalue weighted by molar-refractivity contribution is 5.92. The molecule has 3 rings (SSSR count). The molecule has 0 atom stereocenters. The first-order valence-electron chi connectivity index (χ1n) is 7.71. The van der Waals surface area contributed by atoms with E-state index in [9.17, 15) is 9.18 Å². The van der Waals surface area contributed by atoms with Gasteiger partial charge < -0.3 is 10.6 Å². The molecule has 0 saturated carbocycles. The molecule has 0 radical (unpaired) electrons. The maximum absolute atomic E-state index is 13.6. The lowest BCUT2D eigenvalue weighted by molar-refractivity contribution is 0.0944. The zero-order chi connectivity index (χ0) is 17.5. The van der Waals surface area contributed by atoms with Crippen molar-refractivity contribution in [2.24, 2.45) is 0 Å². The molecule has 0 aliphatic carbocycles. The average Bonchev–Trinajstić information content (AvgIpc) is 2.67. The number of amides is 1. The van der Waals surface area contributed by atoms with E-state index in [1.807, 2.05) is 18.2 Å². The van der Waals surface area contributed by atoms with E-state index in [0.717, 1.165) is 5.69 Å². The number of benzene rings is 1. The van der Waals surface area contributed by atoms with Gasteiger partial charge in [-0.25, -0.2) is 4.39 Å². The van der Waals surface area contributed by atoms with E-state index in [-0.39, 0.29) is 24.0 Å². The lowest BCUT2D eigenvalue weighted by Crippen LogP contribution is -2.24. The summed E-state index contributed by atoms with van der Waals surface area (Å²) in [6, 6.07) is 15.2. The van der Waals surface area contributed by atoms with E-state index < -0.39 is 0 Å². The second-order valence-corrected chi connectivity index (χ2v) is 5.25. The number of hydrogen-bond donors (Lipinski definition) is 2. The van der Waals surface area contributed by atoms with E-state index in [4.69, 9.17) is 0 Å². The number of pyridine rings is 1. The van der Waals surface area contributed by atoms with Gasteiger partial charge in [0, 0.05) is 18.3 Å². The molecule has 1 amide bonds. The van der Waals surface area contributed by atoms with Crippen molar-refractivity contribution in [3.63, 3.8) is 0 Å². The van der Waals surface area contributed by atoms with E-state index in [1.54, 1.807) is 36.5 Å². The lowest BCUT2D eigenvalue weighted by Gasteiger charge is -2.07. The Bertz CT molecular complexity index is 840. The second kappa shape index (κ2) is 7.96. The van der Waals surface area contributed by atoms with Gasteiger partial charge in [-0.05, 0) is 30.3 Å². The van der Waals surface area contributed by atoms with Gasteiger partial charge in [0.25, 0.3) is 5.91 Å². The van der Waals surface area contributed by atoms with Crippen molar-refractivity contribution in [3.8, 4) is 0 Å². The Hall–Kier alpha value is -3.35. The molecule has 0 aliphatic rings. The summed E-state index contributed by atoms with van der Waals surface area (Å²) in [5, 5.41) is 13.5. The van der Waals surface area contributed by atoms with Crippen LogP contribution in [0.5, 0.6) is 0 Å². The molecule has 0 fully saturated rings. The minimum atomic E-state index is -0.334. The Morgan fingerprint density at radius 1 is 0.960 bits per heavy atom.